The monoisotopic (exact) mass is 339 g/mol. The minimum atomic E-state index is -0.822. The van der Waals surface area contributed by atoms with Crippen LogP contribution in [0.3, 0.4) is 0 Å². The highest BCUT2D eigenvalue weighted by Crippen LogP contribution is 2.43. The minimum absolute atomic E-state index is 0.310. The largest absolute Gasteiger partial charge is 0.444 e. The normalized spacial score (nSPS) is 15.5. The highest BCUT2D eigenvalue weighted by molar-refractivity contribution is 6.00. The third-order valence-electron chi connectivity index (χ3n) is 5.19. The molecule has 26 heavy (non-hydrogen) atoms. The molecule has 1 aliphatic heterocycles. The number of H-pyrrole nitrogens is 1. The molecule has 0 saturated carbocycles. The molecule has 4 aromatic rings. The van der Waals surface area contributed by atoms with E-state index in [0.717, 1.165) is 27.6 Å². The molecule has 3 heteroatoms. The van der Waals surface area contributed by atoms with E-state index in [4.69, 9.17) is 4.74 Å². The zero-order chi connectivity index (χ0) is 17.6. The first-order chi connectivity index (χ1) is 12.8. The van der Waals surface area contributed by atoms with E-state index in [9.17, 15) is 4.79 Å². The number of benzene rings is 3. The molecular weight excluding hydrogens is 322 g/mol. The molecule has 1 aromatic heterocycles. The number of nitrogens with one attached hydrogen (secondary N) is 1. The van der Waals surface area contributed by atoms with E-state index in [1.807, 2.05) is 78.9 Å². The molecule has 2 heterocycles. The molecule has 3 aromatic carbocycles. The van der Waals surface area contributed by atoms with Gasteiger partial charge in [-0.05, 0) is 11.6 Å². The number of carbonyl (C=O) groups excluding carboxylic acids is 1. The van der Waals surface area contributed by atoms with Crippen molar-refractivity contribution in [2.24, 2.45) is 0 Å². The summed E-state index contributed by atoms with van der Waals surface area (Å²) in [6.07, 6.45) is 0.603. The zero-order valence-electron chi connectivity index (χ0n) is 14.1. The maximum absolute atomic E-state index is 13.0. The summed E-state index contributed by atoms with van der Waals surface area (Å²) in [5, 5.41) is 1.08. The molecular formula is C23H17NO2. The van der Waals surface area contributed by atoms with Crippen LogP contribution in [0, 0.1) is 0 Å². The number of hydrogen-bond donors (Lipinski definition) is 1. The number of carbonyl (C=O) groups is 1. The smallest absolute Gasteiger partial charge is 0.356 e. The lowest BCUT2D eigenvalue weighted by Crippen LogP contribution is -2.40. The van der Waals surface area contributed by atoms with Crippen LogP contribution >= 0.6 is 0 Å². The van der Waals surface area contributed by atoms with E-state index in [1.54, 1.807) is 0 Å². The highest BCUT2D eigenvalue weighted by Gasteiger charge is 2.44. The van der Waals surface area contributed by atoms with Gasteiger partial charge in [0.1, 0.15) is 5.69 Å². The van der Waals surface area contributed by atoms with Gasteiger partial charge in [-0.25, -0.2) is 4.79 Å². The topological polar surface area (TPSA) is 42.1 Å². The van der Waals surface area contributed by atoms with Gasteiger partial charge in [-0.3, -0.25) is 0 Å². The first kappa shape index (κ1) is 15.0. The van der Waals surface area contributed by atoms with Gasteiger partial charge >= 0.3 is 5.97 Å². The van der Waals surface area contributed by atoms with E-state index in [0.29, 0.717) is 12.1 Å². The van der Waals surface area contributed by atoms with Crippen molar-refractivity contribution in [1.29, 1.82) is 0 Å². The van der Waals surface area contributed by atoms with E-state index in [2.05, 4.69) is 11.1 Å². The molecule has 126 valence electrons. The quantitative estimate of drug-likeness (QED) is 0.532. The van der Waals surface area contributed by atoms with Gasteiger partial charge in [-0.2, -0.15) is 0 Å². The summed E-state index contributed by atoms with van der Waals surface area (Å²) in [5.41, 5.74) is 3.69. The van der Waals surface area contributed by atoms with Crippen LogP contribution in [0.15, 0.2) is 84.9 Å². The van der Waals surface area contributed by atoms with Crippen LogP contribution in [0.5, 0.6) is 0 Å². The molecule has 0 atom stereocenters. The van der Waals surface area contributed by atoms with Crippen molar-refractivity contribution in [3.05, 3.63) is 107 Å². The lowest BCUT2D eigenvalue weighted by molar-refractivity contribution is -0.00791. The molecule has 0 aliphatic carbocycles. The zero-order valence-corrected chi connectivity index (χ0v) is 14.1. The maximum atomic E-state index is 13.0. The summed E-state index contributed by atoms with van der Waals surface area (Å²) in [6.45, 7) is 0. The van der Waals surface area contributed by atoms with Gasteiger partial charge < -0.3 is 9.72 Å². The molecule has 0 saturated heterocycles. The van der Waals surface area contributed by atoms with Crippen molar-refractivity contribution in [3.63, 3.8) is 0 Å². The van der Waals surface area contributed by atoms with Crippen molar-refractivity contribution < 1.29 is 9.53 Å². The number of hydrogen-bond acceptors (Lipinski definition) is 2. The molecule has 5 rings (SSSR count). The number of aromatic amines is 1. The van der Waals surface area contributed by atoms with Gasteiger partial charge in [0, 0.05) is 28.5 Å². The fourth-order valence-corrected chi connectivity index (χ4v) is 3.96. The second-order valence-electron chi connectivity index (χ2n) is 6.65. The number of esters is 1. The van der Waals surface area contributed by atoms with Crippen molar-refractivity contribution in [1.82, 2.24) is 4.98 Å². The number of fused-ring (bicyclic) bond motifs is 3. The Kier molecular flexibility index (Phi) is 3.22. The second-order valence-corrected chi connectivity index (χ2v) is 6.65. The predicted molar refractivity (Wildman–Crippen MR) is 101 cm³/mol. The fraction of sp³-hybridized carbons (Fsp3) is 0.0870. The molecule has 0 unspecified atom stereocenters. The van der Waals surface area contributed by atoms with Crippen LogP contribution in [0.2, 0.25) is 0 Å². The van der Waals surface area contributed by atoms with E-state index in [-0.39, 0.29) is 5.97 Å². The number of para-hydroxylation sites is 1. The van der Waals surface area contributed by atoms with Crippen LogP contribution in [-0.4, -0.2) is 11.0 Å². The molecule has 0 bridgehead atoms. The summed E-state index contributed by atoms with van der Waals surface area (Å²) >= 11 is 0. The average Bonchev–Trinajstić information content (AvgIpc) is 3.08. The number of rotatable bonds is 2. The van der Waals surface area contributed by atoms with Crippen molar-refractivity contribution in [3.8, 4) is 0 Å². The van der Waals surface area contributed by atoms with Gasteiger partial charge in [0.25, 0.3) is 0 Å². The standard InChI is InChI=1S/C23H17NO2/c25-22-21-19(18-13-7-8-14-20(18)24-21)15-23(26-22,16-9-3-1-4-10-16)17-11-5-2-6-12-17/h1-14,24H,15H2. The Bertz CT molecular complexity index is 1060. The van der Waals surface area contributed by atoms with Gasteiger partial charge in [-0.15, -0.1) is 0 Å². The number of ether oxygens (including phenoxy) is 1. The van der Waals surface area contributed by atoms with Gasteiger partial charge in [0.2, 0.25) is 0 Å². The Labute approximate surface area is 151 Å². The first-order valence-electron chi connectivity index (χ1n) is 8.72. The summed E-state index contributed by atoms with van der Waals surface area (Å²) < 4.78 is 6.13. The van der Waals surface area contributed by atoms with Crippen LogP contribution in [0.1, 0.15) is 27.2 Å². The summed E-state index contributed by atoms with van der Waals surface area (Å²) in [6, 6.07) is 28.0. The SMILES string of the molecule is O=C1OC(c2ccccc2)(c2ccccc2)Cc2c1[nH]c1ccccc21. The Morgan fingerprint density at radius 1 is 0.769 bits per heavy atom. The molecule has 1 aliphatic rings. The first-order valence-corrected chi connectivity index (χ1v) is 8.72. The Morgan fingerprint density at radius 2 is 1.35 bits per heavy atom. The van der Waals surface area contributed by atoms with Crippen LogP contribution in [0.4, 0.5) is 0 Å². The Balaban J connectivity index is 1.78. The lowest BCUT2D eigenvalue weighted by atomic mass is 9.79. The molecule has 3 nitrogen and oxygen atoms in total. The van der Waals surface area contributed by atoms with E-state index < -0.39 is 5.60 Å². The van der Waals surface area contributed by atoms with Gasteiger partial charge in [0.05, 0.1) is 0 Å². The minimum Gasteiger partial charge on any atom is -0.444 e. The van der Waals surface area contributed by atoms with Crippen LogP contribution in [0.25, 0.3) is 10.9 Å². The van der Waals surface area contributed by atoms with Crippen LogP contribution < -0.4 is 0 Å². The third kappa shape index (κ3) is 2.10. The highest BCUT2D eigenvalue weighted by atomic mass is 16.6. The average molecular weight is 339 g/mol. The van der Waals surface area contributed by atoms with E-state index >= 15 is 0 Å². The Morgan fingerprint density at radius 3 is 2.00 bits per heavy atom. The van der Waals surface area contributed by atoms with Gasteiger partial charge in [-0.1, -0.05) is 78.9 Å². The van der Waals surface area contributed by atoms with Crippen molar-refractivity contribution in [2.45, 2.75) is 12.0 Å². The molecule has 0 radical (unpaired) electrons. The predicted octanol–water partition coefficient (Wildman–Crippen LogP) is 4.82. The number of aromatic nitrogens is 1. The molecule has 1 N–H and O–H groups in total. The lowest BCUT2D eigenvalue weighted by Gasteiger charge is -2.37. The van der Waals surface area contributed by atoms with E-state index in [1.165, 1.54) is 0 Å². The summed E-state index contributed by atoms with van der Waals surface area (Å²) in [7, 11) is 0. The van der Waals surface area contributed by atoms with Crippen molar-refractivity contribution in [2.75, 3.05) is 0 Å². The molecule has 0 amide bonds. The maximum Gasteiger partial charge on any atom is 0.356 e. The second kappa shape index (κ2) is 5.60. The van der Waals surface area contributed by atoms with Crippen LogP contribution in [-0.2, 0) is 16.8 Å². The fourth-order valence-electron chi connectivity index (χ4n) is 3.96. The third-order valence-corrected chi connectivity index (χ3v) is 5.19. The molecule has 0 spiro atoms. The molecule has 0 fully saturated rings. The summed E-state index contributed by atoms with van der Waals surface area (Å²) in [4.78, 5) is 16.2. The number of cyclic esters (lactones) is 1. The summed E-state index contributed by atoms with van der Waals surface area (Å²) in [5.74, 6) is -0.310. The van der Waals surface area contributed by atoms with Gasteiger partial charge in [0.15, 0.2) is 5.60 Å². The Hall–Kier alpha value is -3.33. The van der Waals surface area contributed by atoms with Crippen molar-refractivity contribution >= 4 is 16.9 Å².